The number of rotatable bonds is 5. The third kappa shape index (κ3) is 4.12. The molecule has 1 aromatic heterocycles. The summed E-state index contributed by atoms with van der Waals surface area (Å²) >= 11 is 5.75. The van der Waals surface area contributed by atoms with Crippen LogP contribution in [0.4, 0.5) is 5.82 Å². The van der Waals surface area contributed by atoms with Gasteiger partial charge >= 0.3 is 0 Å². The van der Waals surface area contributed by atoms with Gasteiger partial charge in [0.05, 0.1) is 10.4 Å². The molecule has 0 unspecified atom stereocenters. The number of hydrogen-bond acceptors (Lipinski definition) is 5. The van der Waals surface area contributed by atoms with Crippen LogP contribution in [0.15, 0.2) is 59.5 Å². The highest BCUT2D eigenvalue weighted by molar-refractivity contribution is 7.92. The molecule has 0 bridgehead atoms. The number of hydrazine groups is 1. The minimum Gasteiger partial charge on any atom is -0.282 e. The van der Waals surface area contributed by atoms with Gasteiger partial charge in [-0.1, -0.05) is 29.8 Å². The van der Waals surface area contributed by atoms with E-state index in [0.29, 0.717) is 10.8 Å². The fraction of sp³-hybridized carbons (Fsp3) is 0.111. The largest absolute Gasteiger partial charge is 0.282 e. The van der Waals surface area contributed by atoms with E-state index in [2.05, 4.69) is 15.8 Å². The average molecular weight is 390 g/mol. The lowest BCUT2D eigenvalue weighted by Crippen LogP contribution is -2.34. The highest BCUT2D eigenvalue weighted by Gasteiger charge is 2.19. The van der Waals surface area contributed by atoms with Crippen molar-refractivity contribution < 1.29 is 13.2 Å². The van der Waals surface area contributed by atoms with Crippen molar-refractivity contribution in [3.8, 4) is 0 Å². The quantitative estimate of drug-likeness (QED) is 0.654. The summed E-state index contributed by atoms with van der Waals surface area (Å²) in [6, 6.07) is 15.1. The van der Waals surface area contributed by atoms with Gasteiger partial charge in [0.2, 0.25) is 0 Å². The minimum atomic E-state index is -3.75. The molecule has 26 heavy (non-hydrogen) atoms. The number of carbonyl (C=O) groups is 1. The maximum absolute atomic E-state index is 12.2. The summed E-state index contributed by atoms with van der Waals surface area (Å²) in [6.45, 7) is 1.93. The van der Waals surface area contributed by atoms with E-state index in [1.807, 2.05) is 31.2 Å². The van der Waals surface area contributed by atoms with E-state index in [-0.39, 0.29) is 4.90 Å². The molecule has 1 amide bonds. The second-order valence-electron chi connectivity index (χ2n) is 5.73. The van der Waals surface area contributed by atoms with Crippen molar-refractivity contribution in [1.29, 1.82) is 0 Å². The van der Waals surface area contributed by atoms with Gasteiger partial charge in [-0.15, -0.1) is 0 Å². The van der Waals surface area contributed by atoms with Crippen LogP contribution >= 0.6 is 11.6 Å². The summed E-state index contributed by atoms with van der Waals surface area (Å²) in [5.41, 5.74) is 6.80. The summed E-state index contributed by atoms with van der Waals surface area (Å²) in [6.07, 6.45) is 0. The number of halogens is 1. The molecule has 0 saturated carbocycles. The van der Waals surface area contributed by atoms with Crippen molar-refractivity contribution in [3.63, 3.8) is 0 Å². The smallest absolute Gasteiger partial charge is 0.253 e. The van der Waals surface area contributed by atoms with Crippen molar-refractivity contribution in [2.45, 2.75) is 11.8 Å². The van der Waals surface area contributed by atoms with Crippen molar-refractivity contribution in [2.75, 3.05) is 11.2 Å². The molecule has 134 valence electrons. The number of carbonyl (C=O) groups excluding carboxylic acids is 1. The van der Waals surface area contributed by atoms with E-state index >= 15 is 0 Å². The molecule has 0 aliphatic rings. The number of anilines is 1. The summed E-state index contributed by atoms with van der Waals surface area (Å²) in [7, 11) is -3.75. The van der Waals surface area contributed by atoms with Crippen molar-refractivity contribution in [2.24, 2.45) is 0 Å². The lowest BCUT2D eigenvalue weighted by Gasteiger charge is -2.10. The number of nitrogens with zero attached hydrogens (tertiary/aromatic N) is 1. The number of aromatic nitrogens is 1. The monoisotopic (exact) mass is 389 g/mol. The number of aryl methyl sites for hydroxylation is 1. The van der Waals surface area contributed by atoms with Gasteiger partial charge in [0.15, 0.2) is 9.84 Å². The number of para-hydroxylation sites is 1. The Bertz CT molecular complexity index is 1070. The SMILES string of the molecule is Cc1cc(NNC(=O)CS(=O)(=O)c2ccc(Cl)cc2)nc2ccccc12. The van der Waals surface area contributed by atoms with Gasteiger partial charge in [-0.3, -0.25) is 15.6 Å². The number of nitrogens with one attached hydrogen (secondary N) is 2. The second-order valence-corrected chi connectivity index (χ2v) is 8.15. The Balaban J connectivity index is 1.68. The number of fused-ring (bicyclic) bond motifs is 1. The Morgan fingerprint density at radius 2 is 1.81 bits per heavy atom. The normalized spacial score (nSPS) is 11.3. The van der Waals surface area contributed by atoms with E-state index in [1.165, 1.54) is 24.3 Å². The van der Waals surface area contributed by atoms with Crippen LogP contribution < -0.4 is 10.9 Å². The van der Waals surface area contributed by atoms with Gasteiger partial charge in [0.25, 0.3) is 5.91 Å². The van der Waals surface area contributed by atoms with Crippen LogP contribution in [0.5, 0.6) is 0 Å². The first-order chi connectivity index (χ1) is 12.3. The molecule has 0 atom stereocenters. The molecule has 6 nitrogen and oxygen atoms in total. The van der Waals surface area contributed by atoms with Crippen LogP contribution in [0.3, 0.4) is 0 Å². The summed E-state index contributed by atoms with van der Waals surface area (Å²) in [4.78, 5) is 16.4. The van der Waals surface area contributed by atoms with Gasteiger partial charge in [-0.05, 0) is 48.9 Å². The Kier molecular flexibility index (Phi) is 5.11. The molecule has 0 radical (unpaired) electrons. The second kappa shape index (κ2) is 7.31. The molecule has 0 saturated heterocycles. The van der Waals surface area contributed by atoms with Crippen LogP contribution in [-0.2, 0) is 14.6 Å². The molecule has 3 rings (SSSR count). The Morgan fingerprint density at radius 1 is 1.12 bits per heavy atom. The molecular weight excluding hydrogens is 374 g/mol. The van der Waals surface area contributed by atoms with E-state index in [4.69, 9.17) is 11.6 Å². The predicted octanol–water partition coefficient (Wildman–Crippen LogP) is 3.11. The predicted molar refractivity (Wildman–Crippen MR) is 102 cm³/mol. The number of amides is 1. The Labute approximate surface area is 156 Å². The maximum atomic E-state index is 12.2. The van der Waals surface area contributed by atoms with E-state index < -0.39 is 21.5 Å². The van der Waals surface area contributed by atoms with Gasteiger partial charge in [-0.25, -0.2) is 13.4 Å². The summed E-state index contributed by atoms with van der Waals surface area (Å²) in [5, 5.41) is 1.43. The molecule has 2 aromatic carbocycles. The van der Waals surface area contributed by atoms with Gasteiger partial charge < -0.3 is 0 Å². The topological polar surface area (TPSA) is 88.2 Å². The standard InChI is InChI=1S/C18H16ClN3O3S/c1-12-10-17(20-16-5-3-2-4-15(12)16)21-22-18(23)11-26(24,25)14-8-6-13(19)7-9-14/h2-10H,11H2,1H3,(H,20,21)(H,22,23). The zero-order valence-corrected chi connectivity index (χ0v) is 15.4. The van der Waals surface area contributed by atoms with Crippen LogP contribution in [-0.4, -0.2) is 25.1 Å². The zero-order valence-electron chi connectivity index (χ0n) is 13.9. The first-order valence-corrected chi connectivity index (χ1v) is 9.78. The molecule has 1 heterocycles. The van der Waals surface area contributed by atoms with Crippen molar-refractivity contribution >= 4 is 44.1 Å². The lowest BCUT2D eigenvalue weighted by atomic mass is 10.1. The number of benzene rings is 2. The summed E-state index contributed by atoms with van der Waals surface area (Å²) < 4.78 is 24.5. The third-order valence-electron chi connectivity index (χ3n) is 3.75. The molecule has 0 aliphatic heterocycles. The van der Waals surface area contributed by atoms with Crippen molar-refractivity contribution in [3.05, 3.63) is 65.2 Å². The van der Waals surface area contributed by atoms with E-state index in [9.17, 15) is 13.2 Å². The zero-order chi connectivity index (χ0) is 18.7. The molecule has 3 aromatic rings. The molecule has 8 heteroatoms. The van der Waals surface area contributed by atoms with Gasteiger partial charge in [0.1, 0.15) is 11.6 Å². The fourth-order valence-electron chi connectivity index (χ4n) is 2.48. The number of sulfone groups is 1. The first kappa shape index (κ1) is 18.2. The highest BCUT2D eigenvalue weighted by atomic mass is 35.5. The van der Waals surface area contributed by atoms with Gasteiger partial charge in [-0.2, -0.15) is 0 Å². The van der Waals surface area contributed by atoms with E-state index in [1.54, 1.807) is 6.07 Å². The number of hydrogen-bond donors (Lipinski definition) is 2. The molecule has 0 spiro atoms. The number of pyridine rings is 1. The Morgan fingerprint density at radius 3 is 2.54 bits per heavy atom. The van der Waals surface area contributed by atoms with Crippen LogP contribution in [0.2, 0.25) is 5.02 Å². The fourth-order valence-corrected chi connectivity index (χ4v) is 3.74. The summed E-state index contributed by atoms with van der Waals surface area (Å²) in [5.74, 6) is -0.945. The van der Waals surface area contributed by atoms with E-state index in [0.717, 1.165) is 16.5 Å². The first-order valence-electron chi connectivity index (χ1n) is 7.75. The highest BCUT2D eigenvalue weighted by Crippen LogP contribution is 2.19. The molecule has 2 N–H and O–H groups in total. The minimum absolute atomic E-state index is 0.0386. The van der Waals surface area contributed by atoms with Crippen LogP contribution in [0.1, 0.15) is 5.56 Å². The molecular formula is C18H16ClN3O3S. The lowest BCUT2D eigenvalue weighted by molar-refractivity contribution is -0.118. The average Bonchev–Trinajstić information content (AvgIpc) is 2.60. The van der Waals surface area contributed by atoms with Crippen LogP contribution in [0, 0.1) is 6.92 Å². The van der Waals surface area contributed by atoms with Crippen LogP contribution in [0.25, 0.3) is 10.9 Å². The van der Waals surface area contributed by atoms with Gasteiger partial charge in [0, 0.05) is 10.4 Å². The Hall–Kier alpha value is -2.64. The maximum Gasteiger partial charge on any atom is 0.253 e. The third-order valence-corrected chi connectivity index (χ3v) is 5.63. The molecule has 0 aliphatic carbocycles. The molecule has 0 fully saturated rings. The van der Waals surface area contributed by atoms with Crippen molar-refractivity contribution in [1.82, 2.24) is 10.4 Å².